The number of amides is 1. The molecule has 1 aliphatic heterocycles. The molecule has 158 valence electrons. The van der Waals surface area contributed by atoms with Gasteiger partial charge in [-0.05, 0) is 55.2 Å². The summed E-state index contributed by atoms with van der Waals surface area (Å²) >= 11 is 0. The maximum Gasteiger partial charge on any atom is 0.222 e. The number of hydrogen-bond acceptors (Lipinski definition) is 4. The van der Waals surface area contributed by atoms with Crippen molar-refractivity contribution < 1.29 is 18.7 Å². The highest BCUT2D eigenvalue weighted by Crippen LogP contribution is 2.30. The van der Waals surface area contributed by atoms with Gasteiger partial charge in [0.2, 0.25) is 5.91 Å². The van der Waals surface area contributed by atoms with Gasteiger partial charge in [0, 0.05) is 25.4 Å². The van der Waals surface area contributed by atoms with Crippen molar-refractivity contribution >= 4 is 16.9 Å². The lowest BCUT2D eigenvalue weighted by Gasteiger charge is -2.31. The molecule has 0 radical (unpaired) electrons. The molecule has 1 fully saturated rings. The summed E-state index contributed by atoms with van der Waals surface area (Å²) in [7, 11) is 3.21. The van der Waals surface area contributed by atoms with Gasteiger partial charge in [0.05, 0.1) is 25.3 Å². The third-order valence-electron chi connectivity index (χ3n) is 5.77. The second kappa shape index (κ2) is 8.73. The maximum absolute atomic E-state index is 13.4. The van der Waals surface area contributed by atoms with Crippen molar-refractivity contribution in [2.45, 2.75) is 31.6 Å². The number of aromatic amines is 1. The molecule has 3 aromatic rings. The first-order valence-corrected chi connectivity index (χ1v) is 10.2. The molecule has 2 aromatic carbocycles. The minimum atomic E-state index is -0.271. The summed E-state index contributed by atoms with van der Waals surface area (Å²) in [6, 6.07) is 10.3. The van der Waals surface area contributed by atoms with Crippen LogP contribution in [0.1, 0.15) is 36.6 Å². The number of hydrogen-bond donors (Lipinski definition) is 1. The standard InChI is InChI=1S/C23H26FN3O3/c1-29-20-7-3-15(13-21(20)30-2)4-8-22(28)27-11-9-16(10-12-27)23-25-18-6-5-17(24)14-19(18)26-23/h3,5-7,13-14,16H,4,8-12H2,1-2H3,(H,25,26). The molecule has 0 bridgehead atoms. The second-order valence-electron chi connectivity index (χ2n) is 7.63. The van der Waals surface area contributed by atoms with Crippen LogP contribution in [0.2, 0.25) is 0 Å². The van der Waals surface area contributed by atoms with Gasteiger partial charge >= 0.3 is 0 Å². The number of H-pyrrole nitrogens is 1. The van der Waals surface area contributed by atoms with E-state index in [2.05, 4.69) is 9.97 Å². The quantitative estimate of drug-likeness (QED) is 0.664. The molecule has 4 rings (SSSR count). The van der Waals surface area contributed by atoms with Crippen LogP contribution in [0, 0.1) is 5.82 Å². The van der Waals surface area contributed by atoms with Gasteiger partial charge in [0.1, 0.15) is 11.6 Å². The number of fused-ring (bicyclic) bond motifs is 1. The average molecular weight is 411 g/mol. The second-order valence-corrected chi connectivity index (χ2v) is 7.63. The molecule has 0 atom stereocenters. The smallest absolute Gasteiger partial charge is 0.222 e. The maximum atomic E-state index is 13.4. The van der Waals surface area contributed by atoms with Gasteiger partial charge < -0.3 is 19.4 Å². The largest absolute Gasteiger partial charge is 0.493 e. The number of carbonyl (C=O) groups is 1. The Kier molecular flexibility index (Phi) is 5.88. The van der Waals surface area contributed by atoms with Gasteiger partial charge in [0.25, 0.3) is 0 Å². The van der Waals surface area contributed by atoms with Crippen LogP contribution >= 0.6 is 0 Å². The lowest BCUT2D eigenvalue weighted by atomic mass is 9.95. The molecular weight excluding hydrogens is 385 g/mol. The molecule has 0 aliphatic carbocycles. The summed E-state index contributed by atoms with van der Waals surface area (Å²) in [5.74, 6) is 2.39. The minimum absolute atomic E-state index is 0.162. The average Bonchev–Trinajstić information content (AvgIpc) is 3.20. The molecule has 0 unspecified atom stereocenters. The molecule has 1 aliphatic rings. The lowest BCUT2D eigenvalue weighted by molar-refractivity contribution is -0.132. The van der Waals surface area contributed by atoms with Crippen LogP contribution in [0.4, 0.5) is 4.39 Å². The topological polar surface area (TPSA) is 67.5 Å². The number of piperidine rings is 1. The van der Waals surface area contributed by atoms with Crippen molar-refractivity contribution in [1.29, 1.82) is 0 Å². The van der Waals surface area contributed by atoms with Gasteiger partial charge in [0.15, 0.2) is 11.5 Å². The highest BCUT2D eigenvalue weighted by Gasteiger charge is 2.25. The van der Waals surface area contributed by atoms with Crippen molar-refractivity contribution in [3.8, 4) is 11.5 Å². The predicted molar refractivity (Wildman–Crippen MR) is 112 cm³/mol. The molecule has 1 N–H and O–H groups in total. The predicted octanol–water partition coefficient (Wildman–Crippen LogP) is 4.06. The van der Waals surface area contributed by atoms with E-state index < -0.39 is 0 Å². The highest BCUT2D eigenvalue weighted by atomic mass is 19.1. The van der Waals surface area contributed by atoms with Gasteiger partial charge in [-0.2, -0.15) is 0 Å². The van der Waals surface area contributed by atoms with E-state index in [9.17, 15) is 9.18 Å². The van der Waals surface area contributed by atoms with Crippen molar-refractivity contribution in [3.63, 3.8) is 0 Å². The van der Waals surface area contributed by atoms with E-state index in [0.29, 0.717) is 37.4 Å². The number of ether oxygens (including phenoxy) is 2. The van der Waals surface area contributed by atoms with E-state index in [1.165, 1.54) is 12.1 Å². The van der Waals surface area contributed by atoms with Gasteiger partial charge in [-0.1, -0.05) is 6.07 Å². The summed E-state index contributed by atoms with van der Waals surface area (Å²) in [6.45, 7) is 1.42. The van der Waals surface area contributed by atoms with Gasteiger partial charge in [-0.25, -0.2) is 9.37 Å². The molecule has 1 saturated heterocycles. The molecule has 1 amide bonds. The Labute approximate surface area is 175 Å². The van der Waals surface area contributed by atoms with E-state index in [0.717, 1.165) is 35.3 Å². The van der Waals surface area contributed by atoms with Crippen molar-refractivity contribution in [1.82, 2.24) is 14.9 Å². The normalized spacial score (nSPS) is 14.8. The number of carbonyl (C=O) groups excluding carboxylic acids is 1. The SMILES string of the molecule is COc1ccc(CCC(=O)N2CCC(c3nc4ccc(F)cc4[nH]3)CC2)cc1OC. The summed E-state index contributed by atoms with van der Waals surface area (Å²) in [5, 5.41) is 0. The number of rotatable bonds is 6. The van der Waals surface area contributed by atoms with E-state index in [1.807, 2.05) is 23.1 Å². The molecular formula is C23H26FN3O3. The number of methoxy groups -OCH3 is 2. The first-order valence-electron chi connectivity index (χ1n) is 10.2. The number of nitrogens with zero attached hydrogens (tertiary/aromatic N) is 2. The first-order chi connectivity index (χ1) is 14.6. The van der Waals surface area contributed by atoms with Crippen LogP contribution in [-0.2, 0) is 11.2 Å². The number of benzene rings is 2. The van der Waals surface area contributed by atoms with E-state index in [4.69, 9.17) is 9.47 Å². The summed E-state index contributed by atoms with van der Waals surface area (Å²) in [6.07, 6.45) is 2.83. The Morgan fingerprint density at radius 3 is 2.63 bits per heavy atom. The molecule has 2 heterocycles. The fraction of sp³-hybridized carbons (Fsp3) is 0.391. The number of imidazole rings is 1. The number of aryl methyl sites for hydroxylation is 1. The monoisotopic (exact) mass is 411 g/mol. The van der Waals surface area contributed by atoms with Crippen LogP contribution in [-0.4, -0.2) is 48.1 Å². The minimum Gasteiger partial charge on any atom is -0.493 e. The summed E-state index contributed by atoms with van der Waals surface area (Å²) < 4.78 is 24.0. The zero-order valence-corrected chi connectivity index (χ0v) is 17.3. The fourth-order valence-electron chi connectivity index (χ4n) is 4.04. The van der Waals surface area contributed by atoms with Crippen LogP contribution in [0.25, 0.3) is 11.0 Å². The molecule has 0 saturated carbocycles. The number of nitrogens with one attached hydrogen (secondary N) is 1. The first kappa shape index (κ1) is 20.2. The summed E-state index contributed by atoms with van der Waals surface area (Å²) in [5.41, 5.74) is 2.55. The lowest BCUT2D eigenvalue weighted by Crippen LogP contribution is -2.38. The Bertz CT molecular complexity index is 1040. The van der Waals surface area contributed by atoms with Crippen LogP contribution in [0.5, 0.6) is 11.5 Å². The number of likely N-dealkylation sites (tertiary alicyclic amines) is 1. The van der Waals surface area contributed by atoms with Crippen molar-refractivity contribution in [2.24, 2.45) is 0 Å². The Balaban J connectivity index is 1.31. The van der Waals surface area contributed by atoms with E-state index in [1.54, 1.807) is 20.3 Å². The zero-order valence-electron chi connectivity index (χ0n) is 17.3. The highest BCUT2D eigenvalue weighted by molar-refractivity contribution is 5.77. The zero-order chi connectivity index (χ0) is 21.1. The Morgan fingerprint density at radius 2 is 1.90 bits per heavy atom. The van der Waals surface area contributed by atoms with Crippen LogP contribution < -0.4 is 9.47 Å². The van der Waals surface area contributed by atoms with E-state index in [-0.39, 0.29) is 17.6 Å². The van der Waals surface area contributed by atoms with Gasteiger partial charge in [-0.3, -0.25) is 4.79 Å². The third-order valence-corrected chi connectivity index (χ3v) is 5.77. The number of aromatic nitrogens is 2. The molecule has 6 nitrogen and oxygen atoms in total. The molecule has 1 aromatic heterocycles. The van der Waals surface area contributed by atoms with Crippen LogP contribution in [0.3, 0.4) is 0 Å². The Morgan fingerprint density at radius 1 is 1.13 bits per heavy atom. The third kappa shape index (κ3) is 4.25. The van der Waals surface area contributed by atoms with E-state index >= 15 is 0 Å². The number of halogens is 1. The summed E-state index contributed by atoms with van der Waals surface area (Å²) in [4.78, 5) is 22.5. The van der Waals surface area contributed by atoms with Gasteiger partial charge in [-0.15, -0.1) is 0 Å². The molecule has 0 spiro atoms. The fourth-order valence-corrected chi connectivity index (χ4v) is 4.04. The van der Waals surface area contributed by atoms with Crippen molar-refractivity contribution in [3.05, 3.63) is 53.6 Å². The molecule has 30 heavy (non-hydrogen) atoms. The van der Waals surface area contributed by atoms with Crippen LogP contribution in [0.15, 0.2) is 36.4 Å². The van der Waals surface area contributed by atoms with Crippen molar-refractivity contribution in [2.75, 3.05) is 27.3 Å². The Hall–Kier alpha value is -3.09. The molecule has 7 heteroatoms.